The van der Waals surface area contributed by atoms with E-state index in [0.717, 1.165) is 22.2 Å². The van der Waals surface area contributed by atoms with Crippen LogP contribution in [0, 0.1) is 0 Å². The zero-order chi connectivity index (χ0) is 38.6. The smallest absolute Gasteiger partial charge is 0.143 e. The van der Waals surface area contributed by atoms with Gasteiger partial charge in [-0.2, -0.15) is 0 Å². The van der Waals surface area contributed by atoms with Crippen molar-refractivity contribution in [3.8, 4) is 33.4 Å². The number of hydrogen-bond acceptors (Lipinski definition) is 2. The SMILES string of the molecule is CC1(C)c2ccccc2-c2ccc(N(c3ccc4c(c3)-c3c(c5c6ccccc6oc5c5ccccc35)C4(C)C)c3ccc4c(c3)C(C)(C)c3ccccc3-4)cc21. The van der Waals surface area contributed by atoms with E-state index in [1.165, 1.54) is 94.3 Å². The van der Waals surface area contributed by atoms with Gasteiger partial charge in [-0.15, -0.1) is 0 Å². The second kappa shape index (κ2) is 10.9. The molecule has 1 heterocycles. The number of nitrogens with zero attached hydrogens (tertiary/aromatic N) is 1. The minimum Gasteiger partial charge on any atom is -0.455 e. The molecule has 12 rings (SSSR count). The molecular weight excluding hydrogens is 691 g/mol. The molecule has 0 unspecified atom stereocenters. The second-order valence-corrected chi connectivity index (χ2v) is 18.1. The van der Waals surface area contributed by atoms with Crippen molar-refractivity contribution in [2.75, 3.05) is 4.90 Å². The summed E-state index contributed by atoms with van der Waals surface area (Å²) in [6.45, 7) is 14.3. The third-order valence-corrected chi connectivity index (χ3v) is 14.0. The van der Waals surface area contributed by atoms with Gasteiger partial charge in [0.1, 0.15) is 11.2 Å². The van der Waals surface area contributed by atoms with Gasteiger partial charge in [0.2, 0.25) is 0 Å². The van der Waals surface area contributed by atoms with Crippen LogP contribution in [0.4, 0.5) is 17.1 Å². The summed E-state index contributed by atoms with van der Waals surface area (Å²) in [6.07, 6.45) is 0. The fourth-order valence-corrected chi connectivity index (χ4v) is 11.2. The number of hydrogen-bond donors (Lipinski definition) is 0. The Balaban J connectivity index is 1.12. The zero-order valence-corrected chi connectivity index (χ0v) is 33.3. The van der Waals surface area contributed by atoms with Gasteiger partial charge in [-0.1, -0.05) is 151 Å². The largest absolute Gasteiger partial charge is 0.455 e. The Morgan fingerprint density at radius 3 is 1.49 bits per heavy atom. The highest BCUT2D eigenvalue weighted by Crippen LogP contribution is 2.58. The maximum Gasteiger partial charge on any atom is 0.143 e. The molecule has 274 valence electrons. The third-order valence-electron chi connectivity index (χ3n) is 14.0. The summed E-state index contributed by atoms with van der Waals surface area (Å²) in [6, 6.07) is 56.8. The van der Waals surface area contributed by atoms with Gasteiger partial charge in [0, 0.05) is 49.5 Å². The normalized spacial score (nSPS) is 16.0. The van der Waals surface area contributed by atoms with Crippen molar-refractivity contribution in [3.63, 3.8) is 0 Å². The molecule has 2 nitrogen and oxygen atoms in total. The highest BCUT2D eigenvalue weighted by molar-refractivity contribution is 6.23. The van der Waals surface area contributed by atoms with Gasteiger partial charge >= 0.3 is 0 Å². The fourth-order valence-electron chi connectivity index (χ4n) is 11.2. The van der Waals surface area contributed by atoms with E-state index in [9.17, 15) is 0 Å². The van der Waals surface area contributed by atoms with Crippen molar-refractivity contribution < 1.29 is 4.42 Å². The molecule has 3 aliphatic carbocycles. The van der Waals surface area contributed by atoms with E-state index in [4.69, 9.17) is 4.42 Å². The average Bonchev–Trinajstić information content (AvgIpc) is 3.87. The van der Waals surface area contributed by atoms with Crippen molar-refractivity contribution >= 4 is 49.8 Å². The predicted molar refractivity (Wildman–Crippen MR) is 239 cm³/mol. The zero-order valence-electron chi connectivity index (χ0n) is 33.3. The molecule has 57 heavy (non-hydrogen) atoms. The first-order valence-corrected chi connectivity index (χ1v) is 20.4. The Kier molecular flexibility index (Phi) is 6.29. The fraction of sp³-hybridized carbons (Fsp3) is 0.164. The van der Waals surface area contributed by atoms with E-state index in [-0.39, 0.29) is 16.2 Å². The molecule has 0 aliphatic heterocycles. The van der Waals surface area contributed by atoms with E-state index in [2.05, 4.69) is 198 Å². The van der Waals surface area contributed by atoms with Crippen LogP contribution < -0.4 is 4.90 Å². The lowest BCUT2D eigenvalue weighted by molar-refractivity contribution is 0.659. The van der Waals surface area contributed by atoms with Crippen LogP contribution in [-0.4, -0.2) is 0 Å². The van der Waals surface area contributed by atoms with Gasteiger partial charge in [0.05, 0.1) is 0 Å². The Hall–Kier alpha value is -6.38. The molecule has 0 saturated carbocycles. The van der Waals surface area contributed by atoms with Crippen LogP contribution in [0.1, 0.15) is 74.9 Å². The quantitative estimate of drug-likeness (QED) is 0.180. The van der Waals surface area contributed by atoms with Crippen LogP contribution >= 0.6 is 0 Å². The summed E-state index contributed by atoms with van der Waals surface area (Å²) in [5.41, 5.74) is 21.1. The molecular formula is C55H43NO. The Labute approximate surface area is 334 Å². The minimum atomic E-state index is -0.240. The third kappa shape index (κ3) is 4.15. The van der Waals surface area contributed by atoms with Crippen molar-refractivity contribution in [1.29, 1.82) is 0 Å². The molecule has 0 bridgehead atoms. The molecule has 0 fully saturated rings. The molecule has 8 aromatic carbocycles. The maximum atomic E-state index is 6.71. The van der Waals surface area contributed by atoms with E-state index >= 15 is 0 Å². The Bertz CT molecular complexity index is 3120. The van der Waals surface area contributed by atoms with Crippen molar-refractivity contribution in [2.45, 2.75) is 57.8 Å². The first-order chi connectivity index (χ1) is 27.5. The summed E-state index contributed by atoms with van der Waals surface area (Å²) in [7, 11) is 0. The number of anilines is 3. The van der Waals surface area contributed by atoms with Gasteiger partial charge in [0.15, 0.2) is 0 Å². The van der Waals surface area contributed by atoms with Crippen molar-refractivity contribution in [2.24, 2.45) is 0 Å². The molecule has 0 amide bonds. The predicted octanol–water partition coefficient (Wildman–Crippen LogP) is 15.1. The van der Waals surface area contributed by atoms with Crippen molar-refractivity contribution in [3.05, 3.63) is 185 Å². The van der Waals surface area contributed by atoms with Crippen LogP contribution in [0.5, 0.6) is 0 Å². The number of furan rings is 1. The van der Waals surface area contributed by atoms with E-state index in [1.807, 2.05) is 0 Å². The van der Waals surface area contributed by atoms with Gasteiger partial charge in [0.25, 0.3) is 0 Å². The van der Waals surface area contributed by atoms with Crippen LogP contribution in [-0.2, 0) is 16.2 Å². The van der Waals surface area contributed by atoms with Crippen molar-refractivity contribution in [1.82, 2.24) is 0 Å². The molecule has 0 atom stereocenters. The number of fused-ring (bicyclic) bond motifs is 16. The average molecular weight is 734 g/mol. The first-order valence-electron chi connectivity index (χ1n) is 20.4. The first kappa shape index (κ1) is 32.8. The maximum absolute atomic E-state index is 6.71. The number of benzene rings is 8. The van der Waals surface area contributed by atoms with Gasteiger partial charge in [-0.25, -0.2) is 0 Å². The van der Waals surface area contributed by atoms with E-state index in [0.29, 0.717) is 0 Å². The molecule has 2 heteroatoms. The molecule has 0 N–H and O–H groups in total. The summed E-state index contributed by atoms with van der Waals surface area (Å²) >= 11 is 0. The van der Waals surface area contributed by atoms with E-state index in [1.54, 1.807) is 0 Å². The number of para-hydroxylation sites is 1. The summed E-state index contributed by atoms with van der Waals surface area (Å²) in [4.78, 5) is 2.51. The van der Waals surface area contributed by atoms with Gasteiger partial charge in [-0.05, 0) is 115 Å². The lowest BCUT2D eigenvalue weighted by Gasteiger charge is -2.30. The standard InChI is InChI=1S/C55H43NO/c1-53(2)43-20-12-9-15-35(43)37-26-23-33(30-46(37)53)56(34-24-27-38-36-16-10-13-21-44(36)54(3,4)47(38)31-34)32-25-28-45-42(29-32)49-39-17-7-8-18-40(39)52-50(51(49)55(45,5)6)41-19-11-14-22-48(41)57-52/h7-31H,1-6H3. The Morgan fingerprint density at radius 1 is 0.386 bits per heavy atom. The molecule has 0 radical (unpaired) electrons. The van der Waals surface area contributed by atoms with Gasteiger partial charge in [-0.3, -0.25) is 0 Å². The summed E-state index contributed by atoms with van der Waals surface area (Å²) < 4.78 is 6.71. The molecule has 3 aliphatic rings. The monoisotopic (exact) mass is 733 g/mol. The highest BCUT2D eigenvalue weighted by Gasteiger charge is 2.41. The van der Waals surface area contributed by atoms with E-state index < -0.39 is 0 Å². The summed E-state index contributed by atoms with van der Waals surface area (Å²) in [5, 5.41) is 4.82. The lowest BCUT2D eigenvalue weighted by atomic mass is 9.79. The summed E-state index contributed by atoms with van der Waals surface area (Å²) in [5.74, 6) is 0. The number of rotatable bonds is 3. The lowest BCUT2D eigenvalue weighted by Crippen LogP contribution is -2.18. The van der Waals surface area contributed by atoms with Crippen LogP contribution in [0.15, 0.2) is 156 Å². The molecule has 0 spiro atoms. The molecule has 1 aromatic heterocycles. The molecule has 0 saturated heterocycles. The molecule has 9 aromatic rings. The topological polar surface area (TPSA) is 16.4 Å². The Morgan fingerprint density at radius 2 is 0.860 bits per heavy atom. The van der Waals surface area contributed by atoms with Crippen LogP contribution in [0.25, 0.3) is 66.1 Å². The second-order valence-electron chi connectivity index (χ2n) is 18.1. The van der Waals surface area contributed by atoms with Gasteiger partial charge < -0.3 is 9.32 Å². The van der Waals surface area contributed by atoms with Crippen LogP contribution in [0.2, 0.25) is 0 Å². The highest BCUT2D eigenvalue weighted by atomic mass is 16.3. The minimum absolute atomic E-state index is 0.117. The van der Waals surface area contributed by atoms with Crippen LogP contribution in [0.3, 0.4) is 0 Å².